The standard InChI is InChI=1S/C13H28N2O2S/c1-5-11(2)12(14)10-18(16,17)15-8-6-13(3,4)7-9-15/h11-12H,5-10,14H2,1-4H3. The van der Waals surface area contributed by atoms with Gasteiger partial charge < -0.3 is 5.73 Å². The van der Waals surface area contributed by atoms with Crippen molar-refractivity contribution in [2.24, 2.45) is 17.1 Å². The largest absolute Gasteiger partial charge is 0.326 e. The fraction of sp³-hybridized carbons (Fsp3) is 1.00. The van der Waals surface area contributed by atoms with E-state index in [2.05, 4.69) is 13.8 Å². The Balaban J connectivity index is 2.60. The highest BCUT2D eigenvalue weighted by atomic mass is 32.2. The van der Waals surface area contributed by atoms with Crippen LogP contribution in [0.2, 0.25) is 0 Å². The van der Waals surface area contributed by atoms with E-state index in [-0.39, 0.29) is 23.1 Å². The zero-order chi connectivity index (χ0) is 14.0. The van der Waals surface area contributed by atoms with E-state index < -0.39 is 10.0 Å². The smallest absolute Gasteiger partial charge is 0.215 e. The van der Waals surface area contributed by atoms with Gasteiger partial charge in [-0.25, -0.2) is 12.7 Å². The SMILES string of the molecule is CCC(C)C(N)CS(=O)(=O)N1CCC(C)(C)CC1. The second-order valence-electron chi connectivity index (χ2n) is 6.39. The van der Waals surface area contributed by atoms with Crippen molar-refractivity contribution in [2.45, 2.75) is 53.0 Å². The van der Waals surface area contributed by atoms with Gasteiger partial charge in [-0.1, -0.05) is 34.1 Å². The van der Waals surface area contributed by atoms with Crippen LogP contribution >= 0.6 is 0 Å². The molecule has 1 fully saturated rings. The summed E-state index contributed by atoms with van der Waals surface area (Å²) >= 11 is 0. The minimum Gasteiger partial charge on any atom is -0.326 e. The zero-order valence-electron chi connectivity index (χ0n) is 12.1. The predicted molar refractivity (Wildman–Crippen MR) is 75.8 cm³/mol. The highest BCUT2D eigenvalue weighted by Gasteiger charge is 2.33. The summed E-state index contributed by atoms with van der Waals surface area (Å²) in [6.07, 6.45) is 2.79. The van der Waals surface area contributed by atoms with Gasteiger partial charge in [-0.05, 0) is 24.2 Å². The Morgan fingerprint density at radius 3 is 2.22 bits per heavy atom. The molecule has 18 heavy (non-hydrogen) atoms. The summed E-state index contributed by atoms with van der Waals surface area (Å²) in [4.78, 5) is 0. The monoisotopic (exact) mass is 276 g/mol. The van der Waals surface area contributed by atoms with Gasteiger partial charge in [-0.2, -0.15) is 0 Å². The molecule has 0 amide bonds. The van der Waals surface area contributed by atoms with Crippen LogP contribution in [0.25, 0.3) is 0 Å². The lowest BCUT2D eigenvalue weighted by Crippen LogP contribution is -2.46. The Hall–Kier alpha value is -0.130. The Labute approximate surface area is 112 Å². The Morgan fingerprint density at radius 2 is 1.78 bits per heavy atom. The fourth-order valence-electron chi connectivity index (χ4n) is 2.19. The number of sulfonamides is 1. The van der Waals surface area contributed by atoms with E-state index in [4.69, 9.17) is 5.73 Å². The van der Waals surface area contributed by atoms with Crippen molar-refractivity contribution in [3.63, 3.8) is 0 Å². The molecule has 0 aromatic rings. The van der Waals surface area contributed by atoms with Crippen LogP contribution in [0.15, 0.2) is 0 Å². The lowest BCUT2D eigenvalue weighted by molar-refractivity contribution is 0.195. The van der Waals surface area contributed by atoms with Gasteiger partial charge in [0.1, 0.15) is 0 Å². The first-order valence-corrected chi connectivity index (χ1v) is 8.52. The fourth-order valence-corrected chi connectivity index (χ4v) is 3.95. The van der Waals surface area contributed by atoms with Crippen LogP contribution in [0.4, 0.5) is 0 Å². The molecule has 0 bridgehead atoms. The molecule has 0 spiro atoms. The van der Waals surface area contributed by atoms with E-state index in [1.54, 1.807) is 4.31 Å². The number of nitrogens with zero attached hydrogens (tertiary/aromatic N) is 1. The van der Waals surface area contributed by atoms with Gasteiger partial charge in [0.25, 0.3) is 0 Å². The minimum absolute atomic E-state index is 0.0857. The van der Waals surface area contributed by atoms with E-state index >= 15 is 0 Å². The minimum atomic E-state index is -3.18. The highest BCUT2D eigenvalue weighted by molar-refractivity contribution is 7.89. The summed E-state index contributed by atoms with van der Waals surface area (Å²) < 4.78 is 26.2. The molecule has 1 aliphatic rings. The van der Waals surface area contributed by atoms with Gasteiger partial charge in [0.2, 0.25) is 10.0 Å². The molecule has 4 nitrogen and oxygen atoms in total. The second kappa shape index (κ2) is 5.88. The van der Waals surface area contributed by atoms with E-state index in [0.29, 0.717) is 13.1 Å². The molecule has 1 rings (SSSR count). The van der Waals surface area contributed by atoms with Crippen LogP contribution in [0.1, 0.15) is 47.0 Å². The molecule has 0 aliphatic carbocycles. The summed E-state index contributed by atoms with van der Waals surface area (Å²) in [6.45, 7) is 9.73. The summed E-state index contributed by atoms with van der Waals surface area (Å²) in [5, 5.41) is 0. The molecule has 1 saturated heterocycles. The molecular formula is C13H28N2O2S. The predicted octanol–water partition coefficient (Wildman–Crippen LogP) is 1.81. The zero-order valence-corrected chi connectivity index (χ0v) is 13.0. The van der Waals surface area contributed by atoms with E-state index in [1.165, 1.54) is 0 Å². The van der Waals surface area contributed by atoms with Gasteiger partial charge in [0.05, 0.1) is 5.75 Å². The van der Waals surface area contributed by atoms with Gasteiger partial charge >= 0.3 is 0 Å². The van der Waals surface area contributed by atoms with E-state index in [9.17, 15) is 8.42 Å². The summed E-state index contributed by atoms with van der Waals surface area (Å²) in [5.41, 5.74) is 6.24. The maximum absolute atomic E-state index is 12.3. The Bertz CT molecular complexity index is 355. The normalized spacial score (nSPS) is 24.7. The average molecular weight is 276 g/mol. The third-order valence-corrected chi connectivity index (χ3v) is 6.21. The first-order valence-electron chi connectivity index (χ1n) is 6.91. The molecule has 1 heterocycles. The summed E-state index contributed by atoms with van der Waals surface area (Å²) in [6, 6.07) is -0.255. The van der Waals surface area contributed by atoms with Crippen LogP contribution in [0.5, 0.6) is 0 Å². The molecule has 108 valence electrons. The van der Waals surface area contributed by atoms with E-state index in [0.717, 1.165) is 19.3 Å². The van der Waals surface area contributed by atoms with Crippen molar-refractivity contribution in [1.29, 1.82) is 0 Å². The maximum atomic E-state index is 12.3. The molecule has 5 heteroatoms. The average Bonchev–Trinajstić information content (AvgIpc) is 2.26. The summed E-state index contributed by atoms with van der Waals surface area (Å²) in [5.74, 6) is 0.337. The summed E-state index contributed by atoms with van der Waals surface area (Å²) in [7, 11) is -3.18. The first kappa shape index (κ1) is 15.9. The van der Waals surface area contributed by atoms with Gasteiger partial charge in [-0.15, -0.1) is 0 Å². The van der Waals surface area contributed by atoms with Crippen molar-refractivity contribution in [2.75, 3.05) is 18.8 Å². The van der Waals surface area contributed by atoms with Crippen molar-refractivity contribution in [3.8, 4) is 0 Å². The Morgan fingerprint density at radius 1 is 1.28 bits per heavy atom. The lowest BCUT2D eigenvalue weighted by atomic mass is 9.83. The van der Waals surface area contributed by atoms with E-state index in [1.807, 2.05) is 13.8 Å². The Kier molecular flexibility index (Phi) is 5.21. The number of nitrogens with two attached hydrogens (primary N) is 1. The molecule has 1 aliphatic heterocycles. The number of piperidine rings is 1. The van der Waals surface area contributed by atoms with Crippen LogP contribution in [0, 0.1) is 11.3 Å². The number of hydrogen-bond donors (Lipinski definition) is 1. The maximum Gasteiger partial charge on any atom is 0.215 e. The van der Waals surface area contributed by atoms with Crippen LogP contribution in [-0.2, 0) is 10.0 Å². The van der Waals surface area contributed by atoms with Crippen LogP contribution in [-0.4, -0.2) is 37.6 Å². The molecule has 0 aromatic heterocycles. The first-order chi connectivity index (χ1) is 8.18. The van der Waals surface area contributed by atoms with Crippen molar-refractivity contribution < 1.29 is 8.42 Å². The number of rotatable bonds is 5. The third kappa shape index (κ3) is 4.21. The molecule has 0 saturated carbocycles. The van der Waals surface area contributed by atoms with Crippen LogP contribution in [0.3, 0.4) is 0 Å². The number of hydrogen-bond acceptors (Lipinski definition) is 3. The van der Waals surface area contributed by atoms with Gasteiger partial charge in [0, 0.05) is 19.1 Å². The molecule has 0 aromatic carbocycles. The molecule has 2 atom stereocenters. The van der Waals surface area contributed by atoms with Crippen molar-refractivity contribution in [3.05, 3.63) is 0 Å². The topological polar surface area (TPSA) is 63.4 Å². The highest BCUT2D eigenvalue weighted by Crippen LogP contribution is 2.31. The molecule has 2 N–H and O–H groups in total. The third-order valence-electron chi connectivity index (χ3n) is 4.25. The molecular weight excluding hydrogens is 248 g/mol. The second-order valence-corrected chi connectivity index (χ2v) is 8.40. The molecule has 2 unspecified atom stereocenters. The van der Waals surface area contributed by atoms with Crippen LogP contribution < -0.4 is 5.73 Å². The molecule has 0 radical (unpaired) electrons. The lowest BCUT2D eigenvalue weighted by Gasteiger charge is -2.36. The van der Waals surface area contributed by atoms with Gasteiger partial charge in [-0.3, -0.25) is 0 Å². The quantitative estimate of drug-likeness (QED) is 0.833. The van der Waals surface area contributed by atoms with Crippen molar-refractivity contribution in [1.82, 2.24) is 4.31 Å². The van der Waals surface area contributed by atoms with Gasteiger partial charge in [0.15, 0.2) is 0 Å². The van der Waals surface area contributed by atoms with Crippen molar-refractivity contribution >= 4 is 10.0 Å².